The lowest BCUT2D eigenvalue weighted by atomic mass is 10.3. The molecule has 0 bridgehead atoms. The molecule has 0 aliphatic rings. The van der Waals surface area contributed by atoms with Crippen molar-refractivity contribution in [1.29, 1.82) is 0 Å². The second-order valence-electron chi connectivity index (χ2n) is 1.78. The van der Waals surface area contributed by atoms with Crippen molar-refractivity contribution in [3.8, 4) is 0 Å². The highest BCUT2D eigenvalue weighted by atomic mass is 19.1. The fraction of sp³-hybridized carbons (Fsp3) is 0.143. The maximum absolute atomic E-state index is 12.6. The Morgan fingerprint density at radius 2 is 2.55 bits per heavy atom. The number of halogens is 1. The summed E-state index contributed by atoms with van der Waals surface area (Å²) in [4.78, 5) is 14.1. The Balaban J connectivity index is 3.03. The van der Waals surface area contributed by atoms with Gasteiger partial charge in [0, 0.05) is 6.20 Å². The molecule has 0 fully saturated rings. The molecule has 1 heterocycles. The van der Waals surface area contributed by atoms with Gasteiger partial charge in [0.05, 0.1) is 12.7 Å². The third-order valence-electron chi connectivity index (χ3n) is 1.12. The number of aromatic nitrogens is 1. The van der Waals surface area contributed by atoms with E-state index >= 15 is 0 Å². The van der Waals surface area contributed by atoms with Crippen LogP contribution in [0.1, 0.15) is 10.4 Å². The molecule has 0 atom stereocenters. The van der Waals surface area contributed by atoms with Gasteiger partial charge < -0.3 is 4.74 Å². The van der Waals surface area contributed by atoms with Crippen molar-refractivity contribution in [3.63, 3.8) is 0 Å². The minimum Gasteiger partial charge on any atom is -0.465 e. The fourth-order valence-corrected chi connectivity index (χ4v) is 0.607. The van der Waals surface area contributed by atoms with E-state index in [4.69, 9.17) is 0 Å². The predicted octanol–water partition coefficient (Wildman–Crippen LogP) is 0.807. The van der Waals surface area contributed by atoms with Crippen LogP contribution < -0.4 is 0 Å². The number of hydrogen-bond donors (Lipinski definition) is 0. The van der Waals surface area contributed by atoms with Gasteiger partial charge in [-0.15, -0.1) is 0 Å². The fourth-order valence-electron chi connectivity index (χ4n) is 0.607. The van der Waals surface area contributed by atoms with Crippen LogP contribution in [-0.2, 0) is 4.74 Å². The maximum Gasteiger partial charge on any atom is 0.340 e. The van der Waals surface area contributed by atoms with E-state index in [1.54, 1.807) is 0 Å². The van der Waals surface area contributed by atoms with Gasteiger partial charge in [0.1, 0.15) is 6.20 Å². The Hall–Kier alpha value is -1.45. The van der Waals surface area contributed by atoms with Gasteiger partial charge in [-0.1, -0.05) is 0 Å². The highest BCUT2D eigenvalue weighted by Gasteiger charge is 2.10. The van der Waals surface area contributed by atoms with Crippen LogP contribution in [0.2, 0.25) is 0 Å². The van der Waals surface area contributed by atoms with E-state index in [0.717, 1.165) is 0 Å². The van der Waals surface area contributed by atoms with Crippen molar-refractivity contribution < 1.29 is 13.9 Å². The van der Waals surface area contributed by atoms with E-state index in [0.29, 0.717) is 0 Å². The number of pyridine rings is 1. The van der Waals surface area contributed by atoms with Gasteiger partial charge in [-0.3, -0.25) is 4.98 Å². The third-order valence-corrected chi connectivity index (χ3v) is 1.12. The van der Waals surface area contributed by atoms with Crippen LogP contribution in [-0.4, -0.2) is 18.1 Å². The highest BCUT2D eigenvalue weighted by Crippen LogP contribution is 2.04. The number of ether oxygens (including phenoxy) is 1. The first-order valence-corrected chi connectivity index (χ1v) is 2.86. The molecule has 3 nitrogen and oxygen atoms in total. The van der Waals surface area contributed by atoms with Crippen LogP contribution in [0.5, 0.6) is 0 Å². The Morgan fingerprint density at radius 1 is 1.82 bits per heavy atom. The summed E-state index contributed by atoms with van der Waals surface area (Å²) < 4.78 is 16.9. The molecule has 1 radical (unpaired) electrons. The molecule has 1 aromatic rings. The predicted molar refractivity (Wildman–Crippen MR) is 34.4 cm³/mol. The van der Waals surface area contributed by atoms with Crippen molar-refractivity contribution in [2.75, 3.05) is 7.11 Å². The van der Waals surface area contributed by atoms with Crippen LogP contribution in [0.15, 0.2) is 12.3 Å². The lowest BCUT2D eigenvalue weighted by Gasteiger charge is -1.97. The summed E-state index contributed by atoms with van der Waals surface area (Å²) in [6, 6.07) is 1.23. The van der Waals surface area contributed by atoms with Crippen LogP contribution in [0.3, 0.4) is 0 Å². The zero-order valence-electron chi connectivity index (χ0n) is 5.80. The minimum absolute atomic E-state index is 0.150. The smallest absolute Gasteiger partial charge is 0.340 e. The molecular weight excluding hydrogens is 149 g/mol. The lowest BCUT2D eigenvalue weighted by Crippen LogP contribution is -2.04. The molecule has 0 N–H and O–H groups in total. The highest BCUT2D eigenvalue weighted by molar-refractivity contribution is 5.89. The first-order valence-electron chi connectivity index (χ1n) is 2.86. The average Bonchev–Trinajstić information content (AvgIpc) is 2.04. The van der Waals surface area contributed by atoms with E-state index in [1.165, 1.54) is 19.4 Å². The molecule has 57 valence electrons. The monoisotopic (exact) mass is 154 g/mol. The number of carbonyl (C=O) groups is 1. The maximum atomic E-state index is 12.6. The van der Waals surface area contributed by atoms with Crippen LogP contribution in [0, 0.1) is 12.0 Å². The Labute approximate surface area is 62.8 Å². The molecule has 0 aliphatic carbocycles. The Bertz CT molecular complexity index is 275. The van der Waals surface area contributed by atoms with Crippen LogP contribution in [0.25, 0.3) is 0 Å². The standard InChI is InChI=1S/C7H5FNO2/c1-11-7(10)5-2-3-9-4-6(5)8/h2-3H,1H3. The summed E-state index contributed by atoms with van der Waals surface area (Å²) in [5.41, 5.74) is -0.150. The van der Waals surface area contributed by atoms with Crippen molar-refractivity contribution in [1.82, 2.24) is 4.98 Å². The molecule has 0 amide bonds. The third kappa shape index (κ3) is 1.52. The van der Waals surface area contributed by atoms with E-state index in [9.17, 15) is 9.18 Å². The van der Waals surface area contributed by atoms with Crippen molar-refractivity contribution in [2.45, 2.75) is 0 Å². The second kappa shape index (κ2) is 3.09. The van der Waals surface area contributed by atoms with Crippen molar-refractivity contribution >= 4 is 5.97 Å². The molecule has 0 unspecified atom stereocenters. The topological polar surface area (TPSA) is 39.2 Å². The molecule has 0 aromatic carbocycles. The quantitative estimate of drug-likeness (QED) is 0.562. The number of methoxy groups -OCH3 is 1. The normalized spacial score (nSPS) is 9.27. The van der Waals surface area contributed by atoms with E-state index < -0.39 is 11.8 Å². The zero-order chi connectivity index (χ0) is 8.27. The van der Waals surface area contributed by atoms with Crippen LogP contribution in [0.4, 0.5) is 4.39 Å². The molecule has 0 saturated heterocycles. The number of rotatable bonds is 1. The van der Waals surface area contributed by atoms with Gasteiger partial charge in [0.15, 0.2) is 5.82 Å². The number of esters is 1. The van der Waals surface area contributed by atoms with Gasteiger partial charge in [-0.2, -0.15) is 0 Å². The first-order chi connectivity index (χ1) is 5.25. The summed E-state index contributed by atoms with van der Waals surface area (Å²) in [6.45, 7) is 0. The van der Waals surface area contributed by atoms with Crippen LogP contribution >= 0.6 is 0 Å². The summed E-state index contributed by atoms with van der Waals surface area (Å²) in [6.07, 6.45) is 3.27. The van der Waals surface area contributed by atoms with Gasteiger partial charge in [0.2, 0.25) is 0 Å². The molecular formula is C7H5FNO2. The summed E-state index contributed by atoms with van der Waals surface area (Å²) in [5.74, 6) is -1.51. The molecule has 1 rings (SSSR count). The average molecular weight is 154 g/mol. The molecule has 0 aliphatic heterocycles. The minimum atomic E-state index is -0.792. The van der Waals surface area contributed by atoms with E-state index in [-0.39, 0.29) is 5.56 Å². The van der Waals surface area contributed by atoms with Crippen molar-refractivity contribution in [2.24, 2.45) is 0 Å². The largest absolute Gasteiger partial charge is 0.465 e. The van der Waals surface area contributed by atoms with E-state index in [1.807, 2.05) is 6.20 Å². The second-order valence-corrected chi connectivity index (χ2v) is 1.78. The van der Waals surface area contributed by atoms with Gasteiger partial charge in [-0.25, -0.2) is 9.18 Å². The molecule has 0 saturated carbocycles. The molecule has 4 heteroatoms. The first kappa shape index (κ1) is 7.65. The molecule has 0 spiro atoms. The summed E-state index contributed by atoms with van der Waals surface area (Å²) >= 11 is 0. The van der Waals surface area contributed by atoms with Gasteiger partial charge in [-0.05, 0) is 6.07 Å². The number of carbonyl (C=O) groups excluding carboxylic acids is 1. The SMILES string of the molecule is COC(=O)c1ccn[c]c1F. The van der Waals surface area contributed by atoms with E-state index in [2.05, 4.69) is 9.72 Å². The lowest BCUT2D eigenvalue weighted by molar-refractivity contribution is 0.0595. The zero-order valence-corrected chi connectivity index (χ0v) is 5.80. The number of hydrogen-bond acceptors (Lipinski definition) is 3. The molecule has 1 aromatic heterocycles. The number of nitrogens with zero attached hydrogens (tertiary/aromatic N) is 1. The summed E-state index contributed by atoms with van der Waals surface area (Å²) in [5, 5.41) is 0. The molecule has 11 heavy (non-hydrogen) atoms. The Morgan fingerprint density at radius 3 is 3.09 bits per heavy atom. The Kier molecular flexibility index (Phi) is 2.15. The van der Waals surface area contributed by atoms with Gasteiger partial charge in [0.25, 0.3) is 0 Å². The summed E-state index contributed by atoms with van der Waals surface area (Å²) in [7, 11) is 1.18. The van der Waals surface area contributed by atoms with Crippen molar-refractivity contribution in [3.05, 3.63) is 29.8 Å². The van der Waals surface area contributed by atoms with Gasteiger partial charge >= 0.3 is 5.97 Å².